The van der Waals surface area contributed by atoms with Crippen LogP contribution in [0.4, 0.5) is 0 Å². The fourth-order valence-corrected chi connectivity index (χ4v) is 2.90. The Morgan fingerprint density at radius 2 is 1.73 bits per heavy atom. The standard InChI is InChI=1S/C18H19NO2S/c1-13-17(22)12-19(18(13)20)11-14-7-9-16(10-8-14)21-15-5-3-2-4-6-15/h2-10,13,17,22H,11-12H2,1H3/t13-,17+/m1/s1. The molecular formula is C18H19NO2S. The van der Waals surface area contributed by atoms with Crippen molar-refractivity contribution >= 4 is 18.5 Å². The number of nitrogens with zero attached hydrogens (tertiary/aromatic N) is 1. The average molecular weight is 313 g/mol. The zero-order valence-corrected chi connectivity index (χ0v) is 13.4. The molecule has 1 heterocycles. The summed E-state index contributed by atoms with van der Waals surface area (Å²) in [6.45, 7) is 3.29. The predicted molar refractivity (Wildman–Crippen MR) is 90.3 cm³/mol. The zero-order chi connectivity index (χ0) is 15.5. The second-order valence-electron chi connectivity index (χ2n) is 5.63. The highest BCUT2D eigenvalue weighted by Crippen LogP contribution is 2.26. The molecular weight excluding hydrogens is 294 g/mol. The summed E-state index contributed by atoms with van der Waals surface area (Å²) in [6, 6.07) is 17.6. The van der Waals surface area contributed by atoms with Gasteiger partial charge in [0.2, 0.25) is 5.91 Å². The highest BCUT2D eigenvalue weighted by molar-refractivity contribution is 7.81. The van der Waals surface area contributed by atoms with Crippen molar-refractivity contribution in [3.63, 3.8) is 0 Å². The SMILES string of the molecule is C[C@H]1C(=O)N(Cc2ccc(Oc3ccccc3)cc2)C[C@@H]1S. The lowest BCUT2D eigenvalue weighted by Crippen LogP contribution is -2.26. The maximum Gasteiger partial charge on any atom is 0.226 e. The molecule has 4 heteroatoms. The number of benzene rings is 2. The average Bonchev–Trinajstić information content (AvgIpc) is 2.77. The Balaban J connectivity index is 1.64. The number of ether oxygens (including phenoxy) is 1. The van der Waals surface area contributed by atoms with Crippen LogP contribution in [0.15, 0.2) is 54.6 Å². The molecule has 0 N–H and O–H groups in total. The minimum absolute atomic E-state index is 0.00372. The lowest BCUT2D eigenvalue weighted by Gasteiger charge is -2.16. The van der Waals surface area contributed by atoms with Gasteiger partial charge < -0.3 is 9.64 Å². The quantitative estimate of drug-likeness (QED) is 0.871. The lowest BCUT2D eigenvalue weighted by molar-refractivity contribution is -0.131. The number of carbonyl (C=O) groups is 1. The van der Waals surface area contributed by atoms with E-state index in [0.29, 0.717) is 13.1 Å². The van der Waals surface area contributed by atoms with Crippen molar-refractivity contribution in [2.24, 2.45) is 5.92 Å². The number of amides is 1. The summed E-state index contributed by atoms with van der Waals surface area (Å²) in [5, 5.41) is 0.133. The summed E-state index contributed by atoms with van der Waals surface area (Å²) in [4.78, 5) is 14.0. The van der Waals surface area contributed by atoms with Crippen molar-refractivity contribution in [2.75, 3.05) is 6.54 Å². The Labute approximate surface area is 136 Å². The van der Waals surface area contributed by atoms with E-state index in [2.05, 4.69) is 12.6 Å². The molecule has 2 atom stereocenters. The Morgan fingerprint density at radius 1 is 1.09 bits per heavy atom. The number of hydrogen-bond donors (Lipinski definition) is 1. The summed E-state index contributed by atoms with van der Waals surface area (Å²) < 4.78 is 5.77. The third kappa shape index (κ3) is 3.28. The van der Waals surface area contributed by atoms with Crippen LogP contribution in [0.25, 0.3) is 0 Å². The van der Waals surface area contributed by atoms with Crippen LogP contribution in [0.2, 0.25) is 0 Å². The minimum atomic E-state index is 0.00372. The first kappa shape index (κ1) is 15.0. The molecule has 1 aliphatic rings. The molecule has 22 heavy (non-hydrogen) atoms. The fraction of sp³-hybridized carbons (Fsp3) is 0.278. The number of para-hydroxylation sites is 1. The molecule has 0 bridgehead atoms. The van der Waals surface area contributed by atoms with E-state index >= 15 is 0 Å². The number of carbonyl (C=O) groups excluding carboxylic acids is 1. The summed E-state index contributed by atoms with van der Waals surface area (Å²) in [5.74, 6) is 1.80. The fourth-order valence-electron chi connectivity index (χ4n) is 2.58. The molecule has 2 aromatic rings. The predicted octanol–water partition coefficient (Wildman–Crippen LogP) is 3.76. The molecule has 3 nitrogen and oxygen atoms in total. The molecule has 0 unspecified atom stereocenters. The second kappa shape index (κ2) is 6.44. The molecule has 1 aliphatic heterocycles. The van der Waals surface area contributed by atoms with Gasteiger partial charge in [-0.1, -0.05) is 37.3 Å². The number of thiol groups is 1. The Kier molecular flexibility index (Phi) is 4.39. The first-order chi connectivity index (χ1) is 10.6. The van der Waals surface area contributed by atoms with E-state index in [9.17, 15) is 4.79 Å². The molecule has 0 aromatic heterocycles. The number of rotatable bonds is 4. The minimum Gasteiger partial charge on any atom is -0.457 e. The van der Waals surface area contributed by atoms with Gasteiger partial charge >= 0.3 is 0 Å². The lowest BCUT2D eigenvalue weighted by atomic mass is 10.1. The first-order valence-electron chi connectivity index (χ1n) is 7.42. The topological polar surface area (TPSA) is 29.5 Å². The van der Waals surface area contributed by atoms with E-state index in [0.717, 1.165) is 17.1 Å². The van der Waals surface area contributed by atoms with Gasteiger partial charge in [0.15, 0.2) is 0 Å². The van der Waals surface area contributed by atoms with Gasteiger partial charge in [0.1, 0.15) is 11.5 Å². The van der Waals surface area contributed by atoms with Crippen LogP contribution in [-0.4, -0.2) is 22.6 Å². The van der Waals surface area contributed by atoms with Crippen LogP contribution < -0.4 is 4.74 Å². The van der Waals surface area contributed by atoms with Crippen molar-refractivity contribution in [1.29, 1.82) is 0 Å². The number of hydrogen-bond acceptors (Lipinski definition) is 3. The van der Waals surface area contributed by atoms with Crippen molar-refractivity contribution in [2.45, 2.75) is 18.7 Å². The van der Waals surface area contributed by atoms with Gasteiger partial charge in [-0.15, -0.1) is 0 Å². The second-order valence-corrected chi connectivity index (χ2v) is 6.30. The Hall–Kier alpha value is -1.94. The van der Waals surface area contributed by atoms with E-state index in [1.165, 1.54) is 0 Å². The Morgan fingerprint density at radius 3 is 2.32 bits per heavy atom. The molecule has 0 aliphatic carbocycles. The van der Waals surface area contributed by atoms with Gasteiger partial charge in [0.05, 0.1) is 0 Å². The smallest absolute Gasteiger partial charge is 0.226 e. The van der Waals surface area contributed by atoms with Crippen LogP contribution in [0.1, 0.15) is 12.5 Å². The monoisotopic (exact) mass is 313 g/mol. The van der Waals surface area contributed by atoms with Crippen LogP contribution in [0.5, 0.6) is 11.5 Å². The molecule has 1 saturated heterocycles. The summed E-state index contributed by atoms with van der Waals surface area (Å²) in [7, 11) is 0. The van der Waals surface area contributed by atoms with Crippen LogP contribution in [0, 0.1) is 5.92 Å². The summed E-state index contributed by atoms with van der Waals surface area (Å²) >= 11 is 4.46. The third-order valence-electron chi connectivity index (χ3n) is 3.96. The largest absolute Gasteiger partial charge is 0.457 e. The normalized spacial score (nSPS) is 21.2. The Bertz CT molecular complexity index is 642. The van der Waals surface area contributed by atoms with Crippen LogP contribution >= 0.6 is 12.6 Å². The highest BCUT2D eigenvalue weighted by Gasteiger charge is 2.34. The zero-order valence-electron chi connectivity index (χ0n) is 12.5. The van der Waals surface area contributed by atoms with Gasteiger partial charge in [-0.2, -0.15) is 12.6 Å². The van der Waals surface area contributed by atoms with Crippen molar-refractivity contribution in [3.05, 3.63) is 60.2 Å². The molecule has 1 fully saturated rings. The molecule has 0 radical (unpaired) electrons. The molecule has 0 saturated carbocycles. The van der Waals surface area contributed by atoms with Crippen LogP contribution in [0.3, 0.4) is 0 Å². The van der Waals surface area contributed by atoms with Gasteiger partial charge in [-0.3, -0.25) is 4.79 Å². The maximum atomic E-state index is 12.1. The van der Waals surface area contributed by atoms with Crippen molar-refractivity contribution in [3.8, 4) is 11.5 Å². The highest BCUT2D eigenvalue weighted by atomic mass is 32.1. The van der Waals surface area contributed by atoms with E-state index in [1.54, 1.807) is 0 Å². The summed E-state index contributed by atoms with van der Waals surface area (Å²) in [5.41, 5.74) is 1.10. The van der Waals surface area contributed by atoms with Crippen molar-refractivity contribution < 1.29 is 9.53 Å². The number of likely N-dealkylation sites (tertiary alicyclic amines) is 1. The maximum absolute atomic E-state index is 12.1. The van der Waals surface area contributed by atoms with E-state index in [-0.39, 0.29) is 17.1 Å². The van der Waals surface area contributed by atoms with Crippen LogP contribution in [-0.2, 0) is 11.3 Å². The van der Waals surface area contributed by atoms with E-state index < -0.39 is 0 Å². The third-order valence-corrected chi connectivity index (χ3v) is 4.57. The van der Waals surface area contributed by atoms with Gasteiger partial charge in [0.25, 0.3) is 0 Å². The summed E-state index contributed by atoms with van der Waals surface area (Å²) in [6.07, 6.45) is 0. The van der Waals surface area contributed by atoms with E-state index in [4.69, 9.17) is 4.74 Å². The van der Waals surface area contributed by atoms with Gasteiger partial charge in [-0.05, 0) is 29.8 Å². The molecule has 114 valence electrons. The molecule has 3 rings (SSSR count). The molecule has 2 aromatic carbocycles. The van der Waals surface area contributed by atoms with E-state index in [1.807, 2.05) is 66.4 Å². The van der Waals surface area contributed by atoms with Gasteiger partial charge in [0, 0.05) is 24.3 Å². The first-order valence-corrected chi connectivity index (χ1v) is 7.94. The molecule has 0 spiro atoms. The van der Waals surface area contributed by atoms with Crippen molar-refractivity contribution in [1.82, 2.24) is 4.90 Å². The van der Waals surface area contributed by atoms with Gasteiger partial charge in [-0.25, -0.2) is 0 Å². The molecule has 1 amide bonds.